The second kappa shape index (κ2) is 4.24. The van der Waals surface area contributed by atoms with Crippen molar-refractivity contribution in [2.24, 2.45) is 5.92 Å². The molecule has 1 unspecified atom stereocenters. The predicted octanol–water partition coefficient (Wildman–Crippen LogP) is 2.60. The maximum atomic E-state index is 11.6. The van der Waals surface area contributed by atoms with E-state index < -0.39 is 0 Å². The quantitative estimate of drug-likeness (QED) is 0.732. The minimum Gasteiger partial charge on any atom is -0.493 e. The van der Waals surface area contributed by atoms with Crippen LogP contribution in [0.5, 0.6) is 0 Å². The standard InChI is InChI=1S/C14H14O3/c15-14-8-12(11-6-7-11)16-9-13(17-14)10-4-2-1-3-5-10/h1-5,8,11,13H,6-7,9H2. The lowest BCUT2D eigenvalue weighted by molar-refractivity contribution is -0.144. The lowest BCUT2D eigenvalue weighted by Gasteiger charge is -2.15. The molecule has 3 heteroatoms. The fourth-order valence-electron chi connectivity index (χ4n) is 1.97. The summed E-state index contributed by atoms with van der Waals surface area (Å²) in [7, 11) is 0. The molecular formula is C14H14O3. The van der Waals surface area contributed by atoms with Crippen LogP contribution in [0.1, 0.15) is 24.5 Å². The monoisotopic (exact) mass is 230 g/mol. The van der Waals surface area contributed by atoms with Gasteiger partial charge in [0.2, 0.25) is 0 Å². The SMILES string of the molecule is O=C1C=C(C2CC2)OCC(c2ccccc2)O1. The Kier molecular flexibility index (Phi) is 2.59. The fourth-order valence-corrected chi connectivity index (χ4v) is 1.97. The van der Waals surface area contributed by atoms with Crippen LogP contribution in [0.15, 0.2) is 42.2 Å². The lowest BCUT2D eigenvalue weighted by Crippen LogP contribution is -2.11. The maximum Gasteiger partial charge on any atom is 0.334 e. The van der Waals surface area contributed by atoms with Crippen LogP contribution < -0.4 is 0 Å². The van der Waals surface area contributed by atoms with E-state index in [1.807, 2.05) is 30.3 Å². The first-order valence-corrected chi connectivity index (χ1v) is 5.93. The fraction of sp³-hybridized carbons (Fsp3) is 0.357. The van der Waals surface area contributed by atoms with Gasteiger partial charge >= 0.3 is 5.97 Å². The molecule has 0 N–H and O–H groups in total. The van der Waals surface area contributed by atoms with Gasteiger partial charge in [-0.1, -0.05) is 30.3 Å². The summed E-state index contributed by atoms with van der Waals surface area (Å²) in [6.07, 6.45) is 3.45. The van der Waals surface area contributed by atoms with Crippen molar-refractivity contribution in [3.63, 3.8) is 0 Å². The minimum absolute atomic E-state index is 0.293. The number of ether oxygens (including phenoxy) is 2. The number of cyclic esters (lactones) is 1. The van der Waals surface area contributed by atoms with Crippen LogP contribution in [0.2, 0.25) is 0 Å². The highest BCUT2D eigenvalue weighted by Gasteiger charge is 2.31. The Morgan fingerprint density at radius 3 is 2.59 bits per heavy atom. The molecule has 1 aromatic rings. The van der Waals surface area contributed by atoms with E-state index in [4.69, 9.17) is 9.47 Å². The van der Waals surface area contributed by atoms with Crippen LogP contribution in [-0.2, 0) is 14.3 Å². The summed E-state index contributed by atoms with van der Waals surface area (Å²) in [5, 5.41) is 0. The van der Waals surface area contributed by atoms with Crippen LogP contribution in [0.3, 0.4) is 0 Å². The van der Waals surface area contributed by atoms with E-state index in [1.54, 1.807) is 0 Å². The number of carbonyl (C=O) groups excluding carboxylic acids is 1. The molecule has 1 aromatic carbocycles. The van der Waals surface area contributed by atoms with E-state index in [-0.39, 0.29) is 12.1 Å². The first-order chi connectivity index (χ1) is 8.33. The zero-order valence-corrected chi connectivity index (χ0v) is 9.46. The molecule has 88 valence electrons. The van der Waals surface area contributed by atoms with Crippen molar-refractivity contribution in [2.45, 2.75) is 18.9 Å². The molecule has 1 aliphatic carbocycles. The molecule has 17 heavy (non-hydrogen) atoms. The number of carbonyl (C=O) groups is 1. The van der Waals surface area contributed by atoms with E-state index in [1.165, 1.54) is 6.08 Å². The Morgan fingerprint density at radius 1 is 1.12 bits per heavy atom. The van der Waals surface area contributed by atoms with Crippen molar-refractivity contribution in [3.8, 4) is 0 Å². The van der Waals surface area contributed by atoms with Gasteiger partial charge in [-0.25, -0.2) is 4.79 Å². The van der Waals surface area contributed by atoms with Crippen molar-refractivity contribution in [3.05, 3.63) is 47.7 Å². The van der Waals surface area contributed by atoms with Gasteiger partial charge in [-0.05, 0) is 18.4 Å². The summed E-state index contributed by atoms with van der Waals surface area (Å²) in [6, 6.07) is 9.70. The second-order valence-electron chi connectivity index (χ2n) is 4.47. The molecule has 3 nitrogen and oxygen atoms in total. The summed E-state index contributed by atoms with van der Waals surface area (Å²) in [5.41, 5.74) is 0.978. The van der Waals surface area contributed by atoms with Gasteiger partial charge in [-0.15, -0.1) is 0 Å². The van der Waals surface area contributed by atoms with Crippen LogP contribution in [0.25, 0.3) is 0 Å². The molecule has 0 saturated heterocycles. The normalized spacial score (nSPS) is 24.4. The Morgan fingerprint density at radius 2 is 1.88 bits per heavy atom. The Hall–Kier alpha value is -1.77. The largest absolute Gasteiger partial charge is 0.493 e. The number of hydrogen-bond donors (Lipinski definition) is 0. The summed E-state index contributed by atoms with van der Waals surface area (Å²) >= 11 is 0. The maximum absolute atomic E-state index is 11.6. The van der Waals surface area contributed by atoms with Gasteiger partial charge < -0.3 is 9.47 Å². The zero-order valence-electron chi connectivity index (χ0n) is 9.46. The van der Waals surface area contributed by atoms with Crippen LogP contribution in [0.4, 0.5) is 0 Å². The Balaban J connectivity index is 1.76. The van der Waals surface area contributed by atoms with E-state index in [0.29, 0.717) is 12.5 Å². The first-order valence-electron chi connectivity index (χ1n) is 5.93. The van der Waals surface area contributed by atoms with Gasteiger partial charge in [0.25, 0.3) is 0 Å². The predicted molar refractivity (Wildman–Crippen MR) is 62.0 cm³/mol. The van der Waals surface area contributed by atoms with E-state index in [0.717, 1.165) is 24.2 Å². The number of rotatable bonds is 2. The van der Waals surface area contributed by atoms with Crippen molar-refractivity contribution in [2.75, 3.05) is 6.61 Å². The van der Waals surface area contributed by atoms with Crippen molar-refractivity contribution < 1.29 is 14.3 Å². The molecule has 0 aromatic heterocycles. The van der Waals surface area contributed by atoms with Gasteiger partial charge in [-0.2, -0.15) is 0 Å². The number of hydrogen-bond acceptors (Lipinski definition) is 3. The van der Waals surface area contributed by atoms with Crippen LogP contribution in [0, 0.1) is 5.92 Å². The summed E-state index contributed by atoms with van der Waals surface area (Å²) in [4.78, 5) is 11.6. The topological polar surface area (TPSA) is 35.5 Å². The van der Waals surface area contributed by atoms with Gasteiger partial charge in [0.1, 0.15) is 12.4 Å². The third-order valence-corrected chi connectivity index (χ3v) is 3.07. The van der Waals surface area contributed by atoms with Gasteiger partial charge in [0.15, 0.2) is 6.10 Å². The second-order valence-corrected chi connectivity index (χ2v) is 4.47. The van der Waals surface area contributed by atoms with Gasteiger partial charge in [-0.3, -0.25) is 0 Å². The third-order valence-electron chi connectivity index (χ3n) is 3.07. The molecule has 1 fully saturated rings. The smallest absolute Gasteiger partial charge is 0.334 e. The van der Waals surface area contributed by atoms with Crippen LogP contribution >= 0.6 is 0 Å². The molecule has 3 rings (SSSR count). The lowest BCUT2D eigenvalue weighted by atomic mass is 10.1. The zero-order chi connectivity index (χ0) is 11.7. The molecule has 1 saturated carbocycles. The average molecular weight is 230 g/mol. The summed E-state index contributed by atoms with van der Waals surface area (Å²) in [5.74, 6) is 0.948. The highest BCUT2D eigenvalue weighted by atomic mass is 16.6. The molecule has 0 spiro atoms. The average Bonchev–Trinajstić information content (AvgIpc) is 3.16. The number of esters is 1. The van der Waals surface area contributed by atoms with Crippen molar-refractivity contribution >= 4 is 5.97 Å². The molecule has 0 bridgehead atoms. The molecule has 0 radical (unpaired) electrons. The molecule has 1 heterocycles. The van der Waals surface area contributed by atoms with E-state index in [9.17, 15) is 4.79 Å². The molecule has 2 aliphatic rings. The van der Waals surface area contributed by atoms with Gasteiger partial charge in [0, 0.05) is 5.92 Å². The Labute approximate surface area is 100 Å². The van der Waals surface area contributed by atoms with Crippen molar-refractivity contribution in [1.82, 2.24) is 0 Å². The van der Waals surface area contributed by atoms with Gasteiger partial charge in [0.05, 0.1) is 6.08 Å². The third kappa shape index (κ3) is 2.33. The molecule has 1 atom stereocenters. The van der Waals surface area contributed by atoms with Crippen LogP contribution in [-0.4, -0.2) is 12.6 Å². The summed E-state index contributed by atoms with van der Waals surface area (Å²) in [6.45, 7) is 0.415. The number of allylic oxidation sites excluding steroid dienone is 1. The van der Waals surface area contributed by atoms with Crippen molar-refractivity contribution in [1.29, 1.82) is 0 Å². The first kappa shape index (κ1) is 10.4. The Bertz CT molecular complexity index is 446. The minimum atomic E-state index is -0.295. The summed E-state index contributed by atoms with van der Waals surface area (Å²) < 4.78 is 11.0. The van der Waals surface area contributed by atoms with E-state index in [2.05, 4.69) is 0 Å². The molecule has 0 amide bonds. The number of benzene rings is 1. The highest BCUT2D eigenvalue weighted by Crippen LogP contribution is 2.38. The molecule has 1 aliphatic heterocycles. The molecular weight excluding hydrogens is 216 g/mol. The van der Waals surface area contributed by atoms with E-state index >= 15 is 0 Å². The highest BCUT2D eigenvalue weighted by molar-refractivity contribution is 5.83.